The SMILES string of the molecule is O=C1[C@H]2[C@H](CC=C3[C@H]2C[C@H]2C(=O)N(c4cccc(Cl)c4)C(=O)[C@@]2(c2ccccc2)[C@H]3c2ccc(O)c3ccccc23)C(=O)N1c1ccc(N2CCOCC2)cc1. The van der Waals surface area contributed by atoms with Gasteiger partial charge in [0.25, 0.3) is 0 Å². The first-order valence-electron chi connectivity index (χ1n) is 19.2. The summed E-state index contributed by atoms with van der Waals surface area (Å²) < 4.78 is 5.51. The average Bonchev–Trinajstić information content (AvgIpc) is 3.62. The van der Waals surface area contributed by atoms with E-state index < -0.39 is 35.0 Å². The molecule has 0 spiro atoms. The summed E-state index contributed by atoms with van der Waals surface area (Å²) in [6.07, 6.45) is 2.57. The minimum absolute atomic E-state index is 0.0981. The molecule has 0 aromatic heterocycles. The van der Waals surface area contributed by atoms with Gasteiger partial charge in [-0.1, -0.05) is 90.0 Å². The number of allylic oxidation sites excluding steroid dienone is 2. The molecule has 0 radical (unpaired) electrons. The number of nitrogens with zero attached hydrogens (tertiary/aromatic N) is 3. The van der Waals surface area contributed by atoms with Gasteiger partial charge >= 0.3 is 0 Å². The molecule has 5 aromatic carbocycles. The van der Waals surface area contributed by atoms with Crippen molar-refractivity contribution in [3.05, 3.63) is 143 Å². The third kappa shape index (κ3) is 4.96. The van der Waals surface area contributed by atoms with Crippen molar-refractivity contribution in [1.29, 1.82) is 0 Å². The van der Waals surface area contributed by atoms with Crippen LogP contribution in [0.5, 0.6) is 5.75 Å². The second-order valence-corrected chi connectivity index (χ2v) is 15.9. The number of carbonyl (C=O) groups is 4. The molecule has 3 aliphatic heterocycles. The van der Waals surface area contributed by atoms with Crippen LogP contribution in [0.4, 0.5) is 17.1 Å². The molecule has 4 fully saturated rings. The number of phenolic OH excluding ortho intramolecular Hbond substituents is 1. The number of hydrogen-bond donors (Lipinski definition) is 1. The predicted octanol–water partition coefficient (Wildman–Crippen LogP) is 7.40. The van der Waals surface area contributed by atoms with E-state index in [1.54, 1.807) is 30.3 Å². The van der Waals surface area contributed by atoms with Crippen LogP contribution >= 0.6 is 11.6 Å². The number of hydrogen-bond acceptors (Lipinski definition) is 7. The topological polar surface area (TPSA) is 107 Å². The van der Waals surface area contributed by atoms with Gasteiger partial charge in [0.05, 0.1) is 47.8 Å². The number of benzene rings is 5. The Morgan fingerprint density at radius 2 is 1.39 bits per heavy atom. The fourth-order valence-electron chi connectivity index (χ4n) is 10.5. The van der Waals surface area contributed by atoms with Gasteiger partial charge in [0.15, 0.2) is 0 Å². The Labute approximate surface area is 328 Å². The molecule has 56 heavy (non-hydrogen) atoms. The lowest BCUT2D eigenvalue weighted by Gasteiger charge is -2.51. The van der Waals surface area contributed by atoms with Crippen molar-refractivity contribution in [3.63, 3.8) is 0 Å². The summed E-state index contributed by atoms with van der Waals surface area (Å²) in [5.41, 5.74) is 2.79. The van der Waals surface area contributed by atoms with E-state index in [1.165, 1.54) is 9.80 Å². The van der Waals surface area contributed by atoms with E-state index in [0.717, 1.165) is 35.3 Å². The average molecular weight is 764 g/mol. The number of rotatable bonds is 5. The molecule has 0 bridgehead atoms. The van der Waals surface area contributed by atoms with Crippen LogP contribution in [0.1, 0.15) is 29.9 Å². The maximum absolute atomic E-state index is 15.6. The molecule has 5 aliphatic rings. The van der Waals surface area contributed by atoms with Crippen molar-refractivity contribution < 1.29 is 29.0 Å². The zero-order valence-electron chi connectivity index (χ0n) is 30.4. The first kappa shape index (κ1) is 34.7. The van der Waals surface area contributed by atoms with Gasteiger partial charge in [-0.25, -0.2) is 4.90 Å². The van der Waals surface area contributed by atoms with E-state index in [1.807, 2.05) is 84.9 Å². The molecular weight excluding hydrogens is 726 g/mol. The van der Waals surface area contributed by atoms with Crippen LogP contribution in [0.15, 0.2) is 127 Å². The largest absolute Gasteiger partial charge is 0.507 e. The van der Waals surface area contributed by atoms with Crippen molar-refractivity contribution >= 4 is 63.1 Å². The van der Waals surface area contributed by atoms with Gasteiger partial charge in [0.1, 0.15) is 5.75 Å². The Balaban J connectivity index is 1.15. The second kappa shape index (κ2) is 13.2. The fourth-order valence-corrected chi connectivity index (χ4v) is 10.7. The monoisotopic (exact) mass is 763 g/mol. The van der Waals surface area contributed by atoms with Crippen LogP contribution < -0.4 is 14.7 Å². The Kier molecular flexibility index (Phi) is 8.16. The summed E-state index contributed by atoms with van der Waals surface area (Å²) in [7, 11) is 0. The van der Waals surface area contributed by atoms with Gasteiger partial charge in [0.2, 0.25) is 23.6 Å². The number of morpholine rings is 1. The Morgan fingerprint density at radius 3 is 2.14 bits per heavy atom. The number of aromatic hydroxyl groups is 1. The highest BCUT2D eigenvalue weighted by atomic mass is 35.5. The lowest BCUT2D eigenvalue weighted by Crippen LogP contribution is -2.53. The lowest BCUT2D eigenvalue weighted by molar-refractivity contribution is -0.127. The van der Waals surface area contributed by atoms with Gasteiger partial charge in [-0.2, -0.15) is 0 Å². The van der Waals surface area contributed by atoms with Crippen molar-refractivity contribution in [3.8, 4) is 5.75 Å². The van der Waals surface area contributed by atoms with E-state index in [-0.39, 0.29) is 35.8 Å². The summed E-state index contributed by atoms with van der Waals surface area (Å²) in [6.45, 7) is 2.81. The molecular formula is C46H38ClN3O6. The highest BCUT2D eigenvalue weighted by Crippen LogP contribution is 2.65. The van der Waals surface area contributed by atoms with Gasteiger partial charge in [-0.05, 0) is 83.8 Å². The van der Waals surface area contributed by atoms with Gasteiger partial charge in [-0.3, -0.25) is 24.1 Å². The maximum atomic E-state index is 15.6. The normalized spacial score (nSPS) is 27.3. The molecule has 9 nitrogen and oxygen atoms in total. The number of ether oxygens (including phenoxy) is 1. The molecule has 1 N–H and O–H groups in total. The van der Waals surface area contributed by atoms with Crippen LogP contribution in [-0.2, 0) is 29.3 Å². The molecule has 10 heteroatoms. The molecule has 2 aliphatic carbocycles. The van der Waals surface area contributed by atoms with Crippen LogP contribution in [0.25, 0.3) is 10.8 Å². The van der Waals surface area contributed by atoms with Crippen molar-refractivity contribution in [1.82, 2.24) is 0 Å². The van der Waals surface area contributed by atoms with Crippen molar-refractivity contribution in [2.45, 2.75) is 24.2 Å². The van der Waals surface area contributed by atoms with Gasteiger partial charge < -0.3 is 14.7 Å². The summed E-state index contributed by atoms with van der Waals surface area (Å²) in [6, 6.07) is 34.8. The number of halogens is 1. The van der Waals surface area contributed by atoms with Crippen molar-refractivity contribution in [2.24, 2.45) is 23.7 Å². The van der Waals surface area contributed by atoms with Gasteiger partial charge in [-0.15, -0.1) is 0 Å². The predicted molar refractivity (Wildman–Crippen MR) is 214 cm³/mol. The molecule has 3 saturated heterocycles. The number of imide groups is 2. The minimum Gasteiger partial charge on any atom is -0.507 e. The van der Waals surface area contributed by atoms with E-state index in [9.17, 15) is 14.7 Å². The number of anilines is 3. The van der Waals surface area contributed by atoms with Crippen LogP contribution in [0, 0.1) is 23.7 Å². The zero-order chi connectivity index (χ0) is 38.3. The van der Waals surface area contributed by atoms with Crippen LogP contribution in [0.2, 0.25) is 5.02 Å². The first-order chi connectivity index (χ1) is 27.3. The van der Waals surface area contributed by atoms with E-state index in [0.29, 0.717) is 47.0 Å². The molecule has 1 saturated carbocycles. The maximum Gasteiger partial charge on any atom is 0.246 e. The number of amides is 4. The quantitative estimate of drug-likeness (QED) is 0.147. The minimum atomic E-state index is -1.42. The third-order valence-corrected chi connectivity index (χ3v) is 13.1. The van der Waals surface area contributed by atoms with Crippen LogP contribution in [-0.4, -0.2) is 55.0 Å². The fraction of sp³-hybridized carbons (Fsp3) is 0.261. The molecule has 3 heterocycles. The number of carbonyl (C=O) groups excluding carboxylic acids is 4. The molecule has 4 amide bonds. The lowest BCUT2D eigenvalue weighted by atomic mass is 9.49. The van der Waals surface area contributed by atoms with E-state index in [4.69, 9.17) is 16.3 Å². The first-order valence-corrected chi connectivity index (χ1v) is 19.6. The zero-order valence-corrected chi connectivity index (χ0v) is 31.1. The second-order valence-electron chi connectivity index (χ2n) is 15.4. The summed E-state index contributed by atoms with van der Waals surface area (Å²) in [5, 5.41) is 12.8. The standard InChI is InChI=1S/C46H38ClN3O6/c47-28-9-6-10-31(25-28)50-43(53)38-26-37-35(17-18-36-40(37)44(54)49(42(36)52)30-15-13-29(14-16-30)48-21-23-56-24-22-48)41(46(38,45(50)55)27-7-2-1-3-8-27)34-19-20-39(51)33-12-5-4-11-32(33)34/h1-17,19-20,25,36-38,40-41,51H,18,21-24,26H2/t36-,37+,38-,40-,41-,46+/m0/s1. The van der Waals surface area contributed by atoms with Crippen LogP contribution in [0.3, 0.4) is 0 Å². The van der Waals surface area contributed by atoms with Crippen molar-refractivity contribution in [2.75, 3.05) is 41.0 Å². The summed E-state index contributed by atoms with van der Waals surface area (Å²) >= 11 is 6.47. The highest BCUT2D eigenvalue weighted by molar-refractivity contribution is 6.32. The summed E-state index contributed by atoms with van der Waals surface area (Å²) in [5.74, 6) is -4.67. The Bertz CT molecular complexity index is 2480. The molecule has 5 aromatic rings. The van der Waals surface area contributed by atoms with E-state index >= 15 is 9.59 Å². The van der Waals surface area contributed by atoms with Gasteiger partial charge in [0, 0.05) is 35.1 Å². The Morgan fingerprint density at radius 1 is 0.679 bits per heavy atom. The molecule has 6 atom stereocenters. The third-order valence-electron chi connectivity index (χ3n) is 12.9. The summed E-state index contributed by atoms with van der Waals surface area (Å²) in [4.78, 5) is 64.8. The molecule has 10 rings (SSSR count). The Hall–Kier alpha value is -5.77. The number of phenols is 1. The smallest absolute Gasteiger partial charge is 0.246 e. The van der Waals surface area contributed by atoms with E-state index in [2.05, 4.69) is 11.0 Å². The molecule has 280 valence electrons. The highest BCUT2D eigenvalue weighted by Gasteiger charge is 2.70. The molecule has 0 unspecified atom stereocenters. The number of fused-ring (bicyclic) bond motifs is 5.